The number of hydrogen-bond acceptors (Lipinski definition) is 5. The molecule has 1 amide bonds. The summed E-state index contributed by atoms with van der Waals surface area (Å²) in [5.41, 5.74) is 3.27. The maximum atomic E-state index is 13.2. The second kappa shape index (κ2) is 10.8. The van der Waals surface area contributed by atoms with Crippen LogP contribution in [0.5, 0.6) is 11.5 Å². The minimum absolute atomic E-state index is 0.0885. The first-order chi connectivity index (χ1) is 16.7. The zero-order chi connectivity index (χ0) is 23.3. The molecule has 2 aromatic rings. The molecule has 0 bridgehead atoms. The lowest BCUT2D eigenvalue weighted by Gasteiger charge is -2.32. The molecule has 0 aromatic heterocycles. The van der Waals surface area contributed by atoms with Crippen molar-refractivity contribution in [1.82, 2.24) is 9.80 Å². The van der Waals surface area contributed by atoms with E-state index in [0.717, 1.165) is 31.9 Å². The van der Waals surface area contributed by atoms with Gasteiger partial charge in [-0.1, -0.05) is 43.5 Å². The summed E-state index contributed by atoms with van der Waals surface area (Å²) < 4.78 is 12.0. The third kappa shape index (κ3) is 5.56. The van der Waals surface area contributed by atoms with Gasteiger partial charge in [-0.15, -0.1) is 0 Å². The van der Waals surface area contributed by atoms with Crippen molar-refractivity contribution in [3.63, 3.8) is 0 Å². The van der Waals surface area contributed by atoms with Gasteiger partial charge in [0.15, 0.2) is 0 Å². The molecule has 1 fully saturated rings. The van der Waals surface area contributed by atoms with E-state index in [9.17, 15) is 9.90 Å². The Morgan fingerprint density at radius 1 is 1.03 bits per heavy atom. The number of ether oxygens (including phenoxy) is 2. The molecule has 1 atom stereocenters. The molecule has 3 aliphatic rings. The number of hydrogen-bond donors (Lipinski definition) is 1. The Morgan fingerprint density at radius 3 is 2.71 bits per heavy atom. The molecule has 182 valence electrons. The van der Waals surface area contributed by atoms with Gasteiger partial charge in [-0.2, -0.15) is 0 Å². The lowest BCUT2D eigenvalue weighted by Crippen LogP contribution is -2.44. The molecular formula is C28H36N2O4. The number of benzene rings is 2. The smallest absolute Gasteiger partial charge is 0.257 e. The van der Waals surface area contributed by atoms with Crippen molar-refractivity contribution in [3.8, 4) is 11.5 Å². The van der Waals surface area contributed by atoms with E-state index in [2.05, 4.69) is 29.2 Å². The summed E-state index contributed by atoms with van der Waals surface area (Å²) in [6, 6.07) is 14.0. The average Bonchev–Trinajstić information content (AvgIpc) is 3.01. The Balaban J connectivity index is 1.17. The van der Waals surface area contributed by atoms with Gasteiger partial charge in [-0.25, -0.2) is 0 Å². The molecule has 34 heavy (non-hydrogen) atoms. The van der Waals surface area contributed by atoms with Gasteiger partial charge in [-0.05, 0) is 48.4 Å². The SMILES string of the molecule is O=C1c2ccc(OCC3CCCCC3)cc2OCCN1CC(O)CN1CCc2ccccc2C1. The van der Waals surface area contributed by atoms with E-state index in [-0.39, 0.29) is 5.91 Å². The first kappa shape index (κ1) is 23.2. The fraction of sp³-hybridized carbons (Fsp3) is 0.536. The Labute approximate surface area is 202 Å². The van der Waals surface area contributed by atoms with Crippen LogP contribution >= 0.6 is 0 Å². The number of aliphatic hydroxyl groups excluding tert-OH is 1. The Bertz CT molecular complexity index is 988. The molecule has 1 saturated carbocycles. The van der Waals surface area contributed by atoms with E-state index >= 15 is 0 Å². The molecule has 1 N–H and O–H groups in total. The van der Waals surface area contributed by atoms with Crippen LogP contribution in [0.2, 0.25) is 0 Å². The van der Waals surface area contributed by atoms with E-state index in [4.69, 9.17) is 9.47 Å². The second-order valence-electron chi connectivity index (χ2n) is 9.98. The third-order valence-electron chi connectivity index (χ3n) is 7.41. The van der Waals surface area contributed by atoms with Gasteiger partial charge < -0.3 is 19.5 Å². The van der Waals surface area contributed by atoms with Crippen molar-refractivity contribution in [1.29, 1.82) is 0 Å². The topological polar surface area (TPSA) is 62.2 Å². The van der Waals surface area contributed by atoms with Gasteiger partial charge in [0.1, 0.15) is 18.1 Å². The van der Waals surface area contributed by atoms with Crippen molar-refractivity contribution in [2.45, 2.75) is 51.2 Å². The first-order valence-corrected chi connectivity index (χ1v) is 12.8. The van der Waals surface area contributed by atoms with E-state index in [1.165, 1.54) is 43.2 Å². The highest BCUT2D eigenvalue weighted by Crippen LogP contribution is 2.30. The minimum Gasteiger partial charge on any atom is -0.493 e. The molecule has 1 unspecified atom stereocenters. The van der Waals surface area contributed by atoms with Crippen molar-refractivity contribution in [3.05, 3.63) is 59.2 Å². The number of β-amino-alcohol motifs (C(OH)–C–C–N with tert-alkyl or cyclic N) is 1. The van der Waals surface area contributed by atoms with Gasteiger partial charge in [-0.3, -0.25) is 9.69 Å². The van der Waals surface area contributed by atoms with Gasteiger partial charge >= 0.3 is 0 Å². The molecule has 0 saturated heterocycles. The number of nitrogens with zero attached hydrogens (tertiary/aromatic N) is 2. The number of carbonyl (C=O) groups excluding carboxylic acids is 1. The number of fused-ring (bicyclic) bond motifs is 2. The quantitative estimate of drug-likeness (QED) is 0.674. The molecule has 2 heterocycles. The summed E-state index contributed by atoms with van der Waals surface area (Å²) in [6.07, 6.45) is 6.79. The van der Waals surface area contributed by atoms with Crippen LogP contribution < -0.4 is 9.47 Å². The van der Waals surface area contributed by atoms with Gasteiger partial charge in [0.05, 0.1) is 24.8 Å². The molecule has 0 spiro atoms. The third-order valence-corrected chi connectivity index (χ3v) is 7.41. The summed E-state index contributed by atoms with van der Waals surface area (Å²) in [6.45, 7) is 4.24. The fourth-order valence-electron chi connectivity index (χ4n) is 5.49. The Hall–Kier alpha value is -2.57. The van der Waals surface area contributed by atoms with Crippen molar-refractivity contribution in [2.24, 2.45) is 5.92 Å². The molecule has 1 aliphatic carbocycles. The summed E-state index contributed by atoms with van der Waals surface area (Å²) in [7, 11) is 0. The molecule has 5 rings (SSSR count). The second-order valence-corrected chi connectivity index (χ2v) is 9.98. The zero-order valence-electron chi connectivity index (χ0n) is 20.0. The summed E-state index contributed by atoms with van der Waals surface area (Å²) in [5, 5.41) is 10.8. The predicted molar refractivity (Wildman–Crippen MR) is 131 cm³/mol. The van der Waals surface area contributed by atoms with Crippen LogP contribution in [0.3, 0.4) is 0 Å². The highest BCUT2D eigenvalue weighted by atomic mass is 16.5. The van der Waals surface area contributed by atoms with Crippen molar-refractivity contribution >= 4 is 5.91 Å². The maximum Gasteiger partial charge on any atom is 0.257 e. The standard InChI is InChI=1S/C28H36N2O4/c31-24(18-29-13-12-22-8-4-5-9-23(22)17-29)19-30-14-15-33-27-16-25(10-11-26(27)28(30)32)34-20-21-6-2-1-3-7-21/h4-5,8-11,16,21,24,31H,1-3,6-7,12-15,17-20H2. The van der Waals surface area contributed by atoms with E-state index in [1.807, 2.05) is 12.1 Å². The number of carbonyl (C=O) groups is 1. The van der Waals surface area contributed by atoms with Crippen LogP contribution in [0.4, 0.5) is 0 Å². The average molecular weight is 465 g/mol. The Morgan fingerprint density at radius 2 is 1.85 bits per heavy atom. The molecule has 0 radical (unpaired) electrons. The van der Waals surface area contributed by atoms with E-state index in [1.54, 1.807) is 11.0 Å². The van der Waals surface area contributed by atoms with Crippen LogP contribution in [0, 0.1) is 5.92 Å². The largest absolute Gasteiger partial charge is 0.493 e. The van der Waals surface area contributed by atoms with E-state index < -0.39 is 6.10 Å². The first-order valence-electron chi connectivity index (χ1n) is 12.8. The molecule has 2 aliphatic heterocycles. The number of amides is 1. The zero-order valence-corrected chi connectivity index (χ0v) is 20.0. The molecule has 6 nitrogen and oxygen atoms in total. The molecular weight excluding hydrogens is 428 g/mol. The van der Waals surface area contributed by atoms with Gasteiger partial charge in [0.25, 0.3) is 5.91 Å². The number of aliphatic hydroxyl groups is 1. The fourth-order valence-corrected chi connectivity index (χ4v) is 5.49. The normalized spacial score (nSPS) is 20.1. The van der Waals surface area contributed by atoms with Crippen molar-refractivity contribution < 1.29 is 19.4 Å². The summed E-state index contributed by atoms with van der Waals surface area (Å²) in [5.74, 6) is 1.88. The molecule has 6 heteroatoms. The van der Waals surface area contributed by atoms with Crippen LogP contribution in [0.1, 0.15) is 53.6 Å². The summed E-state index contributed by atoms with van der Waals surface area (Å²) >= 11 is 0. The lowest BCUT2D eigenvalue weighted by molar-refractivity contribution is 0.0501. The van der Waals surface area contributed by atoms with Crippen molar-refractivity contribution in [2.75, 3.05) is 39.4 Å². The monoisotopic (exact) mass is 464 g/mol. The number of rotatable bonds is 7. The van der Waals surface area contributed by atoms with E-state index in [0.29, 0.717) is 43.5 Å². The van der Waals surface area contributed by atoms with Gasteiger partial charge in [0.2, 0.25) is 0 Å². The lowest BCUT2D eigenvalue weighted by atomic mass is 9.90. The van der Waals surface area contributed by atoms with Gasteiger partial charge in [0, 0.05) is 32.2 Å². The van der Waals surface area contributed by atoms with Crippen LogP contribution in [0.25, 0.3) is 0 Å². The molecule has 2 aromatic carbocycles. The minimum atomic E-state index is -0.603. The summed E-state index contributed by atoms with van der Waals surface area (Å²) in [4.78, 5) is 17.2. The van der Waals surface area contributed by atoms with Crippen LogP contribution in [0.15, 0.2) is 42.5 Å². The highest BCUT2D eigenvalue weighted by molar-refractivity contribution is 5.97. The highest BCUT2D eigenvalue weighted by Gasteiger charge is 2.27. The van der Waals surface area contributed by atoms with Crippen LogP contribution in [-0.4, -0.2) is 66.3 Å². The Kier molecular flexibility index (Phi) is 7.36. The maximum absolute atomic E-state index is 13.2. The predicted octanol–water partition coefficient (Wildman–Crippen LogP) is 3.90. The van der Waals surface area contributed by atoms with Crippen LogP contribution in [-0.2, 0) is 13.0 Å².